The Labute approximate surface area is 172 Å². The van der Waals surface area contributed by atoms with Gasteiger partial charge in [-0.25, -0.2) is 4.98 Å². The predicted molar refractivity (Wildman–Crippen MR) is 118 cm³/mol. The van der Waals surface area contributed by atoms with E-state index in [0.29, 0.717) is 6.04 Å². The van der Waals surface area contributed by atoms with Crippen LogP contribution in [0.4, 0.5) is 0 Å². The molecule has 6 nitrogen and oxygen atoms in total. The van der Waals surface area contributed by atoms with Crippen molar-refractivity contribution in [2.24, 2.45) is 4.99 Å². The molecule has 6 heteroatoms. The van der Waals surface area contributed by atoms with Crippen LogP contribution in [0.25, 0.3) is 11.0 Å². The van der Waals surface area contributed by atoms with E-state index in [2.05, 4.69) is 33.6 Å². The van der Waals surface area contributed by atoms with Crippen LogP contribution in [0.15, 0.2) is 60.4 Å². The van der Waals surface area contributed by atoms with Crippen molar-refractivity contribution < 1.29 is 0 Å². The van der Waals surface area contributed by atoms with Crippen molar-refractivity contribution in [3.8, 4) is 0 Å². The van der Waals surface area contributed by atoms with Gasteiger partial charge in [0.2, 0.25) is 0 Å². The van der Waals surface area contributed by atoms with E-state index in [1.165, 1.54) is 17.7 Å². The fourth-order valence-electron chi connectivity index (χ4n) is 4.15. The van der Waals surface area contributed by atoms with Crippen LogP contribution in [-0.4, -0.2) is 51.2 Å². The molecule has 1 N–H and O–H groups in total. The summed E-state index contributed by atoms with van der Waals surface area (Å²) in [6, 6.07) is 12.7. The SMILES string of the molecule is C=CN(/C=N\C)CCN(Cc1nc2ccccc2[nH]1)C1CCCc2cccnc21. The van der Waals surface area contributed by atoms with Crippen molar-refractivity contribution in [1.82, 2.24) is 24.8 Å². The molecule has 0 fully saturated rings. The number of imidazole rings is 1. The number of pyridine rings is 1. The molecule has 1 atom stereocenters. The number of aromatic nitrogens is 3. The quantitative estimate of drug-likeness (QED) is 0.469. The average Bonchev–Trinajstić information content (AvgIpc) is 3.17. The number of nitrogens with one attached hydrogen (secondary N) is 1. The molecule has 0 bridgehead atoms. The molecule has 0 aliphatic heterocycles. The second-order valence-corrected chi connectivity index (χ2v) is 7.42. The van der Waals surface area contributed by atoms with E-state index in [-0.39, 0.29) is 0 Å². The first-order valence-electron chi connectivity index (χ1n) is 10.2. The third kappa shape index (κ3) is 4.38. The number of aryl methyl sites for hydroxylation is 1. The molecule has 0 amide bonds. The Balaban J connectivity index is 1.61. The van der Waals surface area contributed by atoms with Crippen molar-refractivity contribution in [2.75, 3.05) is 20.1 Å². The lowest BCUT2D eigenvalue weighted by molar-refractivity contribution is 0.157. The molecule has 4 rings (SSSR count). The van der Waals surface area contributed by atoms with E-state index < -0.39 is 0 Å². The van der Waals surface area contributed by atoms with Crippen LogP contribution in [0.2, 0.25) is 0 Å². The third-order valence-corrected chi connectivity index (χ3v) is 5.54. The number of hydrogen-bond acceptors (Lipinski definition) is 4. The van der Waals surface area contributed by atoms with E-state index in [0.717, 1.165) is 49.3 Å². The maximum Gasteiger partial charge on any atom is 0.121 e. The summed E-state index contributed by atoms with van der Waals surface area (Å²) in [7, 11) is 1.78. The molecule has 2 aromatic heterocycles. The molecule has 0 spiro atoms. The van der Waals surface area contributed by atoms with Gasteiger partial charge in [-0.3, -0.25) is 14.9 Å². The fourth-order valence-corrected chi connectivity index (χ4v) is 4.15. The number of aromatic amines is 1. The molecule has 29 heavy (non-hydrogen) atoms. The van der Waals surface area contributed by atoms with Gasteiger partial charge in [-0.1, -0.05) is 24.8 Å². The second-order valence-electron chi connectivity index (χ2n) is 7.42. The molecule has 0 saturated heterocycles. The Morgan fingerprint density at radius 2 is 2.14 bits per heavy atom. The maximum absolute atomic E-state index is 4.81. The normalized spacial score (nSPS) is 16.4. The summed E-state index contributed by atoms with van der Waals surface area (Å²) in [6.45, 7) is 6.35. The highest BCUT2D eigenvalue weighted by Crippen LogP contribution is 2.33. The highest BCUT2D eigenvalue weighted by molar-refractivity contribution is 5.74. The van der Waals surface area contributed by atoms with Crippen LogP contribution in [0, 0.1) is 0 Å². The number of benzene rings is 1. The second kappa shape index (κ2) is 9.01. The van der Waals surface area contributed by atoms with Gasteiger partial charge in [0.15, 0.2) is 0 Å². The number of H-pyrrole nitrogens is 1. The standard InChI is InChI=1S/C23H28N6/c1-3-28(17-24-2)14-15-29(16-22-26-19-10-4-5-11-20(19)27-22)21-12-6-8-18-9-7-13-25-23(18)21/h3-5,7,9-11,13,17,21H,1,6,8,12,14-16H2,2H3,(H,26,27)/b24-17-. The van der Waals surface area contributed by atoms with Gasteiger partial charge in [-0.05, 0) is 49.2 Å². The Bertz CT molecular complexity index is 959. The predicted octanol–water partition coefficient (Wildman–Crippen LogP) is 3.94. The first-order valence-corrected chi connectivity index (χ1v) is 10.2. The molecule has 1 aliphatic carbocycles. The van der Waals surface area contributed by atoms with Gasteiger partial charge in [0, 0.05) is 26.3 Å². The van der Waals surface area contributed by atoms with E-state index in [1.807, 2.05) is 47.9 Å². The van der Waals surface area contributed by atoms with Crippen LogP contribution in [0.1, 0.15) is 36.0 Å². The Hall–Kier alpha value is -2.99. The Kier molecular flexibility index (Phi) is 6.00. The molecular weight excluding hydrogens is 360 g/mol. The van der Waals surface area contributed by atoms with Crippen LogP contribution < -0.4 is 0 Å². The van der Waals surface area contributed by atoms with Gasteiger partial charge in [-0.15, -0.1) is 0 Å². The number of nitrogens with zero attached hydrogens (tertiary/aromatic N) is 5. The van der Waals surface area contributed by atoms with Crippen LogP contribution in [0.3, 0.4) is 0 Å². The van der Waals surface area contributed by atoms with Crippen molar-refractivity contribution >= 4 is 17.4 Å². The van der Waals surface area contributed by atoms with Crippen molar-refractivity contribution in [1.29, 1.82) is 0 Å². The third-order valence-electron chi connectivity index (χ3n) is 5.54. The molecular formula is C23H28N6. The molecule has 1 aromatic carbocycles. The molecule has 3 aromatic rings. The molecule has 1 unspecified atom stereocenters. The van der Waals surface area contributed by atoms with Crippen LogP contribution in [0.5, 0.6) is 0 Å². The van der Waals surface area contributed by atoms with Crippen molar-refractivity contribution in [2.45, 2.75) is 31.8 Å². The van der Waals surface area contributed by atoms with Gasteiger partial charge < -0.3 is 9.88 Å². The van der Waals surface area contributed by atoms with E-state index in [4.69, 9.17) is 9.97 Å². The average molecular weight is 389 g/mol. The van der Waals surface area contributed by atoms with Crippen molar-refractivity contribution in [3.05, 3.63) is 72.5 Å². The summed E-state index contributed by atoms with van der Waals surface area (Å²) in [5.41, 5.74) is 4.67. The zero-order chi connectivity index (χ0) is 20.1. The lowest BCUT2D eigenvalue weighted by Crippen LogP contribution is -2.37. The summed E-state index contributed by atoms with van der Waals surface area (Å²) >= 11 is 0. The molecule has 150 valence electrons. The van der Waals surface area contributed by atoms with Crippen molar-refractivity contribution in [3.63, 3.8) is 0 Å². The van der Waals surface area contributed by atoms with E-state index >= 15 is 0 Å². The lowest BCUT2D eigenvalue weighted by Gasteiger charge is -2.35. The zero-order valence-electron chi connectivity index (χ0n) is 17.0. The Morgan fingerprint density at radius 3 is 2.97 bits per heavy atom. The summed E-state index contributed by atoms with van der Waals surface area (Å²) in [6.07, 6.45) is 8.95. The zero-order valence-corrected chi connectivity index (χ0v) is 17.0. The summed E-state index contributed by atoms with van der Waals surface area (Å²) < 4.78 is 0. The van der Waals surface area contributed by atoms with E-state index in [1.54, 1.807) is 7.05 Å². The first-order chi connectivity index (χ1) is 14.3. The van der Waals surface area contributed by atoms with Gasteiger partial charge in [0.05, 0.1) is 35.7 Å². The molecule has 0 radical (unpaired) electrons. The lowest BCUT2D eigenvalue weighted by atomic mass is 9.90. The first kappa shape index (κ1) is 19.3. The minimum Gasteiger partial charge on any atom is -0.341 e. The number of para-hydroxylation sites is 2. The molecule has 0 saturated carbocycles. The van der Waals surface area contributed by atoms with Gasteiger partial charge >= 0.3 is 0 Å². The number of rotatable bonds is 8. The summed E-state index contributed by atoms with van der Waals surface area (Å²) in [4.78, 5) is 21.7. The smallest absolute Gasteiger partial charge is 0.121 e. The minimum atomic E-state index is 0.290. The van der Waals surface area contributed by atoms with Gasteiger partial charge in [0.25, 0.3) is 0 Å². The summed E-state index contributed by atoms with van der Waals surface area (Å²) in [5, 5.41) is 0. The minimum absolute atomic E-state index is 0.290. The molecule has 2 heterocycles. The molecule has 1 aliphatic rings. The summed E-state index contributed by atoms with van der Waals surface area (Å²) in [5.74, 6) is 0.989. The fraction of sp³-hybridized carbons (Fsp3) is 0.348. The number of aliphatic imine (C=N–C) groups is 1. The number of hydrogen-bond donors (Lipinski definition) is 1. The van der Waals surface area contributed by atoms with Gasteiger partial charge in [-0.2, -0.15) is 0 Å². The highest BCUT2D eigenvalue weighted by atomic mass is 15.2. The Morgan fingerprint density at radius 1 is 1.24 bits per heavy atom. The largest absolute Gasteiger partial charge is 0.341 e. The monoisotopic (exact) mass is 388 g/mol. The van der Waals surface area contributed by atoms with Gasteiger partial charge in [0.1, 0.15) is 5.82 Å². The topological polar surface area (TPSA) is 60.4 Å². The van der Waals surface area contributed by atoms with Crippen LogP contribution in [-0.2, 0) is 13.0 Å². The highest BCUT2D eigenvalue weighted by Gasteiger charge is 2.28. The number of fused-ring (bicyclic) bond motifs is 2. The van der Waals surface area contributed by atoms with E-state index in [9.17, 15) is 0 Å². The maximum atomic E-state index is 4.81. The van der Waals surface area contributed by atoms with Crippen LogP contribution >= 0.6 is 0 Å².